The van der Waals surface area contributed by atoms with Crippen molar-refractivity contribution in [3.8, 4) is 11.3 Å². The number of hydrogen-bond donors (Lipinski definition) is 2. The van der Waals surface area contributed by atoms with Gasteiger partial charge in [0.1, 0.15) is 0 Å². The molecule has 6 heteroatoms. The third-order valence-electron chi connectivity index (χ3n) is 5.08. The molecule has 2 aromatic heterocycles. The van der Waals surface area contributed by atoms with E-state index in [0.717, 1.165) is 62.5 Å². The molecule has 1 aliphatic heterocycles. The molecule has 126 valence electrons. The highest BCUT2D eigenvalue weighted by atomic mass is 16.3. The third kappa shape index (κ3) is 3.25. The maximum absolute atomic E-state index is 10.1. The topological polar surface area (TPSA) is 74.2 Å². The van der Waals surface area contributed by atoms with E-state index in [1.807, 2.05) is 24.3 Å². The molecule has 24 heavy (non-hydrogen) atoms. The second-order valence-corrected chi connectivity index (χ2v) is 6.99. The highest BCUT2D eigenvalue weighted by Crippen LogP contribution is 2.31. The van der Waals surface area contributed by atoms with Crippen LogP contribution in [0.5, 0.6) is 0 Å². The fourth-order valence-electron chi connectivity index (χ4n) is 3.33. The van der Waals surface area contributed by atoms with Crippen LogP contribution in [-0.4, -0.2) is 52.1 Å². The summed E-state index contributed by atoms with van der Waals surface area (Å²) in [5, 5.41) is 22.2. The van der Waals surface area contributed by atoms with Crippen LogP contribution in [0.4, 0.5) is 5.82 Å². The standard InChI is InChI=1S/C18H23N5O/c24-18(6-1-7-18)13-20-10-14-11-23(12-14)17-3-2-16(21-22-17)15-4-8-19-9-5-15/h2-5,8-9,14,20,24H,1,6-7,10-13H2. The minimum Gasteiger partial charge on any atom is -0.389 e. The average molecular weight is 325 g/mol. The molecule has 6 nitrogen and oxygen atoms in total. The van der Waals surface area contributed by atoms with Crippen molar-refractivity contribution in [3.63, 3.8) is 0 Å². The number of anilines is 1. The van der Waals surface area contributed by atoms with Gasteiger partial charge in [-0.25, -0.2) is 0 Å². The maximum Gasteiger partial charge on any atom is 0.151 e. The quantitative estimate of drug-likeness (QED) is 0.838. The summed E-state index contributed by atoms with van der Waals surface area (Å²) in [7, 11) is 0. The summed E-state index contributed by atoms with van der Waals surface area (Å²) >= 11 is 0. The van der Waals surface area contributed by atoms with Crippen LogP contribution >= 0.6 is 0 Å². The van der Waals surface area contributed by atoms with E-state index < -0.39 is 5.60 Å². The Bertz CT molecular complexity index is 666. The van der Waals surface area contributed by atoms with Gasteiger partial charge < -0.3 is 15.3 Å². The lowest BCUT2D eigenvalue weighted by molar-refractivity contribution is -0.0318. The minimum atomic E-state index is -0.433. The summed E-state index contributed by atoms with van der Waals surface area (Å²) in [6, 6.07) is 7.91. The van der Waals surface area contributed by atoms with Gasteiger partial charge in [-0.05, 0) is 43.5 Å². The van der Waals surface area contributed by atoms with Crippen LogP contribution < -0.4 is 10.2 Å². The molecule has 0 radical (unpaired) electrons. The summed E-state index contributed by atoms with van der Waals surface area (Å²) in [6.45, 7) is 3.68. The normalized spacial score (nSPS) is 19.6. The zero-order valence-corrected chi connectivity index (χ0v) is 13.7. The fraction of sp³-hybridized carbons (Fsp3) is 0.500. The highest BCUT2D eigenvalue weighted by molar-refractivity contribution is 5.59. The number of aliphatic hydroxyl groups is 1. The molecule has 2 aromatic rings. The molecule has 2 N–H and O–H groups in total. The second-order valence-electron chi connectivity index (χ2n) is 6.99. The van der Waals surface area contributed by atoms with Crippen LogP contribution in [-0.2, 0) is 0 Å². The van der Waals surface area contributed by atoms with Crippen LogP contribution in [0.2, 0.25) is 0 Å². The predicted molar refractivity (Wildman–Crippen MR) is 92.6 cm³/mol. The SMILES string of the molecule is OC1(CNCC2CN(c3ccc(-c4ccncc4)nn3)C2)CCC1. The predicted octanol–water partition coefficient (Wildman–Crippen LogP) is 1.48. The lowest BCUT2D eigenvalue weighted by atomic mass is 9.80. The van der Waals surface area contributed by atoms with E-state index >= 15 is 0 Å². The molecule has 3 heterocycles. The van der Waals surface area contributed by atoms with Gasteiger partial charge in [0.25, 0.3) is 0 Å². The molecule has 4 rings (SSSR count). The lowest BCUT2D eigenvalue weighted by Gasteiger charge is -2.41. The molecular formula is C18H23N5O. The van der Waals surface area contributed by atoms with Gasteiger partial charge in [-0.1, -0.05) is 0 Å². The van der Waals surface area contributed by atoms with E-state index in [1.54, 1.807) is 12.4 Å². The largest absolute Gasteiger partial charge is 0.389 e. The number of aromatic nitrogens is 3. The summed E-state index contributed by atoms with van der Waals surface area (Å²) in [5.41, 5.74) is 1.47. The van der Waals surface area contributed by atoms with Crippen molar-refractivity contribution >= 4 is 5.82 Å². The molecule has 1 saturated heterocycles. The lowest BCUT2D eigenvalue weighted by Crippen LogP contribution is -2.54. The monoisotopic (exact) mass is 325 g/mol. The minimum absolute atomic E-state index is 0.433. The van der Waals surface area contributed by atoms with Gasteiger partial charge in [-0.3, -0.25) is 4.98 Å². The van der Waals surface area contributed by atoms with Gasteiger partial charge in [0.15, 0.2) is 5.82 Å². The van der Waals surface area contributed by atoms with Crippen molar-refractivity contribution in [2.75, 3.05) is 31.1 Å². The Labute approximate surface area is 141 Å². The van der Waals surface area contributed by atoms with Crippen LogP contribution in [0.3, 0.4) is 0 Å². The first kappa shape index (κ1) is 15.5. The number of nitrogens with one attached hydrogen (secondary N) is 1. The van der Waals surface area contributed by atoms with Crippen molar-refractivity contribution in [2.45, 2.75) is 24.9 Å². The Kier molecular flexibility index (Phi) is 4.16. The summed E-state index contributed by atoms with van der Waals surface area (Å²) in [4.78, 5) is 6.26. The van der Waals surface area contributed by atoms with Gasteiger partial charge >= 0.3 is 0 Å². The molecule has 0 bridgehead atoms. The molecule has 0 aromatic carbocycles. The van der Waals surface area contributed by atoms with Crippen LogP contribution in [0.15, 0.2) is 36.7 Å². The Morgan fingerprint density at radius 2 is 1.92 bits per heavy atom. The van der Waals surface area contributed by atoms with Crippen LogP contribution in [0.25, 0.3) is 11.3 Å². The Morgan fingerprint density at radius 1 is 1.12 bits per heavy atom. The first-order valence-electron chi connectivity index (χ1n) is 8.64. The van der Waals surface area contributed by atoms with E-state index in [4.69, 9.17) is 0 Å². The van der Waals surface area contributed by atoms with E-state index in [9.17, 15) is 5.11 Å². The summed E-state index contributed by atoms with van der Waals surface area (Å²) in [5.74, 6) is 1.55. The maximum atomic E-state index is 10.1. The smallest absolute Gasteiger partial charge is 0.151 e. The van der Waals surface area contributed by atoms with Crippen LogP contribution in [0, 0.1) is 5.92 Å². The van der Waals surface area contributed by atoms with Crippen molar-refractivity contribution in [1.29, 1.82) is 0 Å². The van der Waals surface area contributed by atoms with Crippen LogP contribution in [0.1, 0.15) is 19.3 Å². The van der Waals surface area contributed by atoms with Crippen molar-refractivity contribution in [1.82, 2.24) is 20.5 Å². The Hall–Kier alpha value is -2.05. The summed E-state index contributed by atoms with van der Waals surface area (Å²) < 4.78 is 0. The zero-order valence-electron chi connectivity index (χ0n) is 13.7. The van der Waals surface area contributed by atoms with Gasteiger partial charge in [0.05, 0.1) is 11.3 Å². The first-order chi connectivity index (χ1) is 11.7. The Balaban J connectivity index is 1.25. The average Bonchev–Trinajstić information content (AvgIpc) is 2.56. The molecule has 1 saturated carbocycles. The second kappa shape index (κ2) is 6.45. The van der Waals surface area contributed by atoms with Crippen molar-refractivity contribution in [3.05, 3.63) is 36.7 Å². The van der Waals surface area contributed by atoms with Gasteiger partial charge in [-0.15, -0.1) is 10.2 Å². The van der Waals surface area contributed by atoms with Crippen molar-refractivity contribution < 1.29 is 5.11 Å². The van der Waals surface area contributed by atoms with E-state index in [2.05, 4.69) is 25.4 Å². The molecule has 0 amide bonds. The highest BCUT2D eigenvalue weighted by Gasteiger charge is 2.34. The van der Waals surface area contributed by atoms with E-state index in [1.165, 1.54) is 0 Å². The van der Waals surface area contributed by atoms with Gasteiger partial charge in [-0.2, -0.15) is 0 Å². The molecule has 0 atom stereocenters. The van der Waals surface area contributed by atoms with E-state index in [0.29, 0.717) is 5.92 Å². The molecule has 0 unspecified atom stereocenters. The first-order valence-corrected chi connectivity index (χ1v) is 8.64. The molecule has 2 aliphatic rings. The number of rotatable bonds is 6. The number of hydrogen-bond acceptors (Lipinski definition) is 6. The molecular weight excluding hydrogens is 302 g/mol. The molecule has 0 spiro atoms. The molecule has 1 aliphatic carbocycles. The Morgan fingerprint density at radius 3 is 2.54 bits per heavy atom. The summed E-state index contributed by atoms with van der Waals surface area (Å²) in [6.07, 6.45) is 6.56. The molecule has 2 fully saturated rings. The van der Waals surface area contributed by atoms with Gasteiger partial charge in [0.2, 0.25) is 0 Å². The van der Waals surface area contributed by atoms with Gasteiger partial charge in [0, 0.05) is 50.1 Å². The fourth-order valence-corrected chi connectivity index (χ4v) is 3.33. The number of pyridine rings is 1. The zero-order chi connectivity index (χ0) is 16.4. The third-order valence-corrected chi connectivity index (χ3v) is 5.08. The van der Waals surface area contributed by atoms with E-state index in [-0.39, 0.29) is 0 Å². The van der Waals surface area contributed by atoms with Crippen molar-refractivity contribution in [2.24, 2.45) is 5.92 Å². The number of nitrogens with zero attached hydrogens (tertiary/aromatic N) is 4.